The van der Waals surface area contributed by atoms with E-state index in [0.29, 0.717) is 6.04 Å². The number of hydrogen-bond acceptors (Lipinski definition) is 2. The van der Waals surface area contributed by atoms with Crippen LogP contribution < -0.4 is 5.32 Å². The number of furan rings is 1. The van der Waals surface area contributed by atoms with E-state index in [1.54, 1.807) is 6.26 Å². The summed E-state index contributed by atoms with van der Waals surface area (Å²) in [5.74, 6) is 0. The second-order valence-corrected chi connectivity index (χ2v) is 3.55. The minimum atomic E-state index is 0.359. The van der Waals surface area contributed by atoms with Crippen LogP contribution in [-0.4, -0.2) is 6.54 Å². The molecular weight excluding hydrogens is 218 g/mol. The first-order valence-corrected chi connectivity index (χ1v) is 5.01. The van der Waals surface area contributed by atoms with Crippen LogP contribution in [0, 0.1) is 0 Å². The lowest BCUT2D eigenvalue weighted by atomic mass is 10.2. The summed E-state index contributed by atoms with van der Waals surface area (Å²) in [7, 11) is 0. The van der Waals surface area contributed by atoms with Gasteiger partial charge in [0.25, 0.3) is 0 Å². The normalized spacial score (nSPS) is 13.2. The molecule has 1 atom stereocenters. The van der Waals surface area contributed by atoms with Gasteiger partial charge in [-0.15, -0.1) is 0 Å². The first-order chi connectivity index (χ1) is 5.75. The fourth-order valence-electron chi connectivity index (χ4n) is 1.09. The van der Waals surface area contributed by atoms with Crippen molar-refractivity contribution in [2.45, 2.75) is 26.3 Å². The molecule has 1 rings (SSSR count). The Kier molecular flexibility index (Phi) is 3.82. The predicted octanol–water partition coefficient (Wildman–Crippen LogP) is 3.10. The van der Waals surface area contributed by atoms with E-state index in [9.17, 15) is 0 Å². The van der Waals surface area contributed by atoms with E-state index in [-0.39, 0.29) is 0 Å². The summed E-state index contributed by atoms with van der Waals surface area (Å²) in [6.07, 6.45) is 2.85. The SMILES string of the molecule is CCCNC(C)c1ccoc1Br. The summed E-state index contributed by atoms with van der Waals surface area (Å²) in [6, 6.07) is 2.34. The molecule has 0 saturated heterocycles. The van der Waals surface area contributed by atoms with Crippen molar-refractivity contribution < 1.29 is 4.42 Å². The van der Waals surface area contributed by atoms with Crippen molar-refractivity contribution in [2.24, 2.45) is 0 Å². The van der Waals surface area contributed by atoms with Gasteiger partial charge in [-0.05, 0) is 41.9 Å². The minimum absolute atomic E-state index is 0.359. The van der Waals surface area contributed by atoms with Gasteiger partial charge in [0.05, 0.1) is 6.26 Å². The number of rotatable bonds is 4. The molecule has 0 fully saturated rings. The fraction of sp³-hybridized carbons (Fsp3) is 0.556. The monoisotopic (exact) mass is 231 g/mol. The topological polar surface area (TPSA) is 25.2 Å². The highest BCUT2D eigenvalue weighted by atomic mass is 79.9. The van der Waals surface area contributed by atoms with Crippen molar-refractivity contribution in [3.63, 3.8) is 0 Å². The van der Waals surface area contributed by atoms with E-state index in [1.807, 2.05) is 6.07 Å². The lowest BCUT2D eigenvalue weighted by Gasteiger charge is -2.10. The van der Waals surface area contributed by atoms with Crippen molar-refractivity contribution in [3.8, 4) is 0 Å². The van der Waals surface area contributed by atoms with Crippen LogP contribution in [-0.2, 0) is 0 Å². The maximum atomic E-state index is 5.14. The largest absolute Gasteiger partial charge is 0.457 e. The molecule has 0 spiro atoms. The fourth-order valence-corrected chi connectivity index (χ4v) is 1.67. The Balaban J connectivity index is 2.52. The molecule has 68 valence electrons. The first kappa shape index (κ1) is 9.81. The third-order valence-electron chi connectivity index (χ3n) is 1.81. The Bertz CT molecular complexity index is 234. The molecule has 12 heavy (non-hydrogen) atoms. The average Bonchev–Trinajstić information content (AvgIpc) is 2.47. The van der Waals surface area contributed by atoms with Gasteiger partial charge in [0.15, 0.2) is 4.67 Å². The van der Waals surface area contributed by atoms with E-state index >= 15 is 0 Å². The molecule has 3 heteroatoms. The summed E-state index contributed by atoms with van der Waals surface area (Å²) in [4.78, 5) is 0. The Hall–Kier alpha value is -0.280. The minimum Gasteiger partial charge on any atom is -0.457 e. The van der Waals surface area contributed by atoms with Crippen molar-refractivity contribution in [1.82, 2.24) is 5.32 Å². The van der Waals surface area contributed by atoms with Gasteiger partial charge < -0.3 is 9.73 Å². The standard InChI is InChI=1S/C9H14BrNO/c1-3-5-11-7(2)8-4-6-12-9(8)10/h4,6-7,11H,3,5H2,1-2H3. The van der Waals surface area contributed by atoms with Crippen molar-refractivity contribution in [2.75, 3.05) is 6.54 Å². The molecule has 1 aromatic rings. The second-order valence-electron chi connectivity index (χ2n) is 2.83. The maximum absolute atomic E-state index is 5.14. The van der Waals surface area contributed by atoms with Gasteiger partial charge in [-0.25, -0.2) is 0 Å². The maximum Gasteiger partial charge on any atom is 0.173 e. The lowest BCUT2D eigenvalue weighted by molar-refractivity contribution is 0.516. The van der Waals surface area contributed by atoms with Gasteiger partial charge in [0.2, 0.25) is 0 Å². The highest BCUT2D eigenvalue weighted by molar-refractivity contribution is 9.10. The van der Waals surface area contributed by atoms with Gasteiger partial charge in [-0.2, -0.15) is 0 Å². The smallest absolute Gasteiger partial charge is 0.173 e. The molecule has 2 nitrogen and oxygen atoms in total. The molecule has 1 aromatic heterocycles. The Morgan fingerprint density at radius 3 is 2.92 bits per heavy atom. The molecule has 0 radical (unpaired) electrons. The van der Waals surface area contributed by atoms with E-state index < -0.39 is 0 Å². The molecule has 0 aliphatic carbocycles. The number of nitrogens with one attached hydrogen (secondary N) is 1. The molecule has 0 bridgehead atoms. The quantitative estimate of drug-likeness (QED) is 0.862. The Labute approximate surface area is 81.5 Å². The van der Waals surface area contributed by atoms with Gasteiger partial charge in [-0.1, -0.05) is 6.92 Å². The van der Waals surface area contributed by atoms with Crippen LogP contribution in [0.4, 0.5) is 0 Å². The molecular formula is C9H14BrNO. The third kappa shape index (κ3) is 2.35. The lowest BCUT2D eigenvalue weighted by Crippen LogP contribution is -2.18. The first-order valence-electron chi connectivity index (χ1n) is 4.22. The van der Waals surface area contributed by atoms with Crippen molar-refractivity contribution in [3.05, 3.63) is 22.6 Å². The van der Waals surface area contributed by atoms with Gasteiger partial charge in [0, 0.05) is 11.6 Å². The Morgan fingerprint density at radius 1 is 1.67 bits per heavy atom. The van der Waals surface area contributed by atoms with Crippen LogP contribution >= 0.6 is 15.9 Å². The zero-order valence-corrected chi connectivity index (χ0v) is 9.02. The number of halogens is 1. The molecule has 0 amide bonds. The molecule has 0 aliphatic heterocycles. The van der Waals surface area contributed by atoms with Crippen LogP contribution in [0.15, 0.2) is 21.4 Å². The molecule has 0 aromatic carbocycles. The average molecular weight is 232 g/mol. The summed E-state index contributed by atoms with van der Waals surface area (Å²) in [5.41, 5.74) is 1.18. The highest BCUT2D eigenvalue weighted by Crippen LogP contribution is 2.23. The predicted molar refractivity (Wildman–Crippen MR) is 53.1 cm³/mol. The molecule has 0 aliphatic rings. The van der Waals surface area contributed by atoms with E-state index in [4.69, 9.17) is 4.42 Å². The van der Waals surface area contributed by atoms with Crippen LogP contribution in [0.3, 0.4) is 0 Å². The van der Waals surface area contributed by atoms with Gasteiger partial charge >= 0.3 is 0 Å². The summed E-state index contributed by atoms with van der Waals surface area (Å²) in [6.45, 7) is 5.33. The van der Waals surface area contributed by atoms with Crippen molar-refractivity contribution >= 4 is 15.9 Å². The summed E-state index contributed by atoms with van der Waals surface area (Å²) >= 11 is 3.35. The van der Waals surface area contributed by atoms with Crippen LogP contribution in [0.5, 0.6) is 0 Å². The second kappa shape index (κ2) is 4.67. The zero-order valence-electron chi connectivity index (χ0n) is 7.43. The van der Waals surface area contributed by atoms with E-state index in [0.717, 1.165) is 17.6 Å². The number of hydrogen-bond donors (Lipinski definition) is 1. The zero-order chi connectivity index (χ0) is 8.97. The van der Waals surface area contributed by atoms with Crippen LogP contribution in [0.2, 0.25) is 0 Å². The molecule has 0 saturated carbocycles. The Morgan fingerprint density at radius 2 is 2.42 bits per heavy atom. The van der Waals surface area contributed by atoms with E-state index in [1.165, 1.54) is 5.56 Å². The summed E-state index contributed by atoms with van der Waals surface area (Å²) in [5, 5.41) is 3.39. The molecule has 1 unspecified atom stereocenters. The van der Waals surface area contributed by atoms with Crippen LogP contribution in [0.25, 0.3) is 0 Å². The van der Waals surface area contributed by atoms with Gasteiger partial charge in [0.1, 0.15) is 0 Å². The molecule has 1 heterocycles. The van der Waals surface area contributed by atoms with E-state index in [2.05, 4.69) is 35.1 Å². The third-order valence-corrected chi connectivity index (χ3v) is 2.46. The van der Waals surface area contributed by atoms with Gasteiger partial charge in [-0.3, -0.25) is 0 Å². The summed E-state index contributed by atoms with van der Waals surface area (Å²) < 4.78 is 5.97. The van der Waals surface area contributed by atoms with Crippen molar-refractivity contribution in [1.29, 1.82) is 0 Å². The molecule has 1 N–H and O–H groups in total. The van der Waals surface area contributed by atoms with Crippen LogP contribution in [0.1, 0.15) is 31.9 Å². The highest BCUT2D eigenvalue weighted by Gasteiger charge is 2.09.